The summed E-state index contributed by atoms with van der Waals surface area (Å²) in [4.78, 5) is 28.2. The number of hydrogen-bond acceptors (Lipinski definition) is 5. The molecule has 6 nitrogen and oxygen atoms in total. The summed E-state index contributed by atoms with van der Waals surface area (Å²) in [6.45, 7) is 5.04. The molecule has 2 amide bonds. The molecule has 2 fully saturated rings. The lowest BCUT2D eigenvalue weighted by Crippen LogP contribution is -2.52. The monoisotopic (exact) mass is 379 g/mol. The summed E-state index contributed by atoms with van der Waals surface area (Å²) in [5, 5.41) is 7.87. The molecule has 2 atom stereocenters. The Balaban J connectivity index is 1.60. The van der Waals surface area contributed by atoms with E-state index in [2.05, 4.69) is 21.6 Å². The Morgan fingerprint density at radius 2 is 1.92 bits per heavy atom. The molecule has 1 aromatic heterocycles. The zero-order valence-corrected chi connectivity index (χ0v) is 16.2. The van der Waals surface area contributed by atoms with E-state index in [4.69, 9.17) is 4.74 Å². The second kappa shape index (κ2) is 9.48. The molecule has 7 heteroatoms. The van der Waals surface area contributed by atoms with Gasteiger partial charge in [-0.1, -0.05) is 25.3 Å². The van der Waals surface area contributed by atoms with E-state index >= 15 is 0 Å². The van der Waals surface area contributed by atoms with Crippen molar-refractivity contribution < 1.29 is 14.3 Å². The summed E-state index contributed by atoms with van der Waals surface area (Å²) in [6, 6.07) is 4.17. The van der Waals surface area contributed by atoms with Crippen LogP contribution in [0, 0.1) is 0 Å². The Hall–Kier alpha value is -1.44. The van der Waals surface area contributed by atoms with Gasteiger partial charge in [-0.05, 0) is 31.2 Å². The van der Waals surface area contributed by atoms with Crippen LogP contribution >= 0.6 is 11.3 Å². The highest BCUT2D eigenvalue weighted by Crippen LogP contribution is 2.29. The molecule has 0 bridgehead atoms. The molecule has 0 aromatic carbocycles. The molecule has 1 saturated heterocycles. The number of carbonyl (C=O) groups excluding carboxylic acids is 2. The smallest absolute Gasteiger partial charge is 0.309 e. The Kier molecular flexibility index (Phi) is 7.05. The maximum atomic E-state index is 12.4. The van der Waals surface area contributed by atoms with E-state index in [9.17, 15) is 9.59 Å². The summed E-state index contributed by atoms with van der Waals surface area (Å²) in [6.07, 6.45) is 5.42. The number of rotatable bonds is 5. The highest BCUT2D eigenvalue weighted by Gasteiger charge is 2.31. The van der Waals surface area contributed by atoms with Crippen LogP contribution in [-0.2, 0) is 14.3 Å². The average Bonchev–Trinajstić information content (AvgIpc) is 3.17. The lowest BCUT2D eigenvalue weighted by atomic mass is 9.95. The molecule has 0 radical (unpaired) electrons. The fraction of sp³-hybridized carbons (Fsp3) is 0.684. The predicted octanol–water partition coefficient (Wildman–Crippen LogP) is 2.07. The van der Waals surface area contributed by atoms with Gasteiger partial charge in [-0.3, -0.25) is 14.5 Å². The van der Waals surface area contributed by atoms with E-state index in [1.165, 1.54) is 11.3 Å². The van der Waals surface area contributed by atoms with Gasteiger partial charge < -0.3 is 15.4 Å². The summed E-state index contributed by atoms with van der Waals surface area (Å²) >= 11 is 1.68. The molecule has 1 aliphatic heterocycles. The van der Waals surface area contributed by atoms with Crippen LogP contribution in [0.5, 0.6) is 0 Å². The Morgan fingerprint density at radius 1 is 1.19 bits per heavy atom. The van der Waals surface area contributed by atoms with Gasteiger partial charge in [-0.25, -0.2) is 0 Å². The first-order valence-corrected chi connectivity index (χ1v) is 10.5. The number of hydrogen-bond donors (Lipinski definition) is 2. The standard InChI is InChI=1S/C19H29N3O3S/c1-14(20-18(23)19(24)21-15-6-3-2-4-7-15)17(16-8-5-13-26-16)22-9-11-25-12-10-22/h5,8,13-15,17H,2-4,6-7,9-12H2,1H3,(H,20,23)(H,21,24)/t14-,17-/m1/s1. The van der Waals surface area contributed by atoms with Gasteiger partial charge in [-0.15, -0.1) is 11.3 Å². The molecule has 0 unspecified atom stereocenters. The van der Waals surface area contributed by atoms with Crippen molar-refractivity contribution in [2.75, 3.05) is 26.3 Å². The van der Waals surface area contributed by atoms with Crippen LogP contribution in [0.1, 0.15) is 49.9 Å². The average molecular weight is 380 g/mol. The van der Waals surface area contributed by atoms with Crippen LogP contribution in [0.3, 0.4) is 0 Å². The van der Waals surface area contributed by atoms with Gasteiger partial charge in [0, 0.05) is 30.1 Å². The molecular formula is C19H29N3O3S. The van der Waals surface area contributed by atoms with Gasteiger partial charge in [0.1, 0.15) is 0 Å². The molecule has 144 valence electrons. The zero-order valence-electron chi connectivity index (χ0n) is 15.4. The van der Waals surface area contributed by atoms with Crippen LogP contribution in [0.15, 0.2) is 17.5 Å². The van der Waals surface area contributed by atoms with Crippen LogP contribution in [0.25, 0.3) is 0 Å². The minimum Gasteiger partial charge on any atom is -0.379 e. The SMILES string of the molecule is C[C@@H](NC(=O)C(=O)NC1CCCCC1)[C@H](c1cccs1)N1CCOCC1. The molecule has 2 aliphatic rings. The fourth-order valence-corrected chi connectivity index (χ4v) is 4.87. The van der Waals surface area contributed by atoms with Gasteiger partial charge in [0.25, 0.3) is 0 Å². The van der Waals surface area contributed by atoms with Crippen LogP contribution in [0.4, 0.5) is 0 Å². The van der Waals surface area contributed by atoms with Gasteiger partial charge in [0.05, 0.1) is 19.3 Å². The van der Waals surface area contributed by atoms with E-state index in [1.54, 1.807) is 11.3 Å². The third-order valence-electron chi connectivity index (χ3n) is 5.25. The number of thiophene rings is 1. The lowest BCUT2D eigenvalue weighted by Gasteiger charge is -2.37. The molecule has 1 saturated carbocycles. The van der Waals surface area contributed by atoms with E-state index in [0.29, 0.717) is 13.2 Å². The zero-order chi connectivity index (χ0) is 18.4. The second-order valence-corrected chi connectivity index (χ2v) is 8.16. The van der Waals surface area contributed by atoms with Crippen molar-refractivity contribution in [2.24, 2.45) is 0 Å². The lowest BCUT2D eigenvalue weighted by molar-refractivity contribution is -0.140. The van der Waals surface area contributed by atoms with Crippen molar-refractivity contribution in [1.29, 1.82) is 0 Å². The van der Waals surface area contributed by atoms with E-state index in [0.717, 1.165) is 38.8 Å². The molecule has 0 spiro atoms. The van der Waals surface area contributed by atoms with Gasteiger partial charge in [-0.2, -0.15) is 0 Å². The maximum absolute atomic E-state index is 12.4. The summed E-state index contributed by atoms with van der Waals surface area (Å²) in [5.41, 5.74) is 0. The van der Waals surface area contributed by atoms with Crippen LogP contribution in [0.2, 0.25) is 0 Å². The number of amides is 2. The number of nitrogens with one attached hydrogen (secondary N) is 2. The number of morpholine rings is 1. The quantitative estimate of drug-likeness (QED) is 0.769. The summed E-state index contributed by atoms with van der Waals surface area (Å²) < 4.78 is 5.46. The van der Waals surface area contributed by atoms with Crippen molar-refractivity contribution in [3.8, 4) is 0 Å². The molecule has 1 aliphatic carbocycles. The summed E-state index contributed by atoms with van der Waals surface area (Å²) in [7, 11) is 0. The third kappa shape index (κ3) is 5.05. The fourth-order valence-electron chi connectivity index (χ4n) is 3.91. The van der Waals surface area contributed by atoms with Gasteiger partial charge in [0.2, 0.25) is 0 Å². The van der Waals surface area contributed by atoms with E-state index in [-0.39, 0.29) is 18.1 Å². The second-order valence-electron chi connectivity index (χ2n) is 7.18. The topological polar surface area (TPSA) is 70.7 Å². The largest absolute Gasteiger partial charge is 0.379 e. The summed E-state index contributed by atoms with van der Waals surface area (Å²) in [5.74, 6) is -1.03. The Bertz CT molecular complexity index is 581. The van der Waals surface area contributed by atoms with Crippen molar-refractivity contribution >= 4 is 23.2 Å². The van der Waals surface area contributed by atoms with Crippen LogP contribution < -0.4 is 10.6 Å². The number of nitrogens with zero attached hydrogens (tertiary/aromatic N) is 1. The van der Waals surface area contributed by atoms with E-state index in [1.807, 2.05) is 18.4 Å². The van der Waals surface area contributed by atoms with Crippen molar-refractivity contribution in [1.82, 2.24) is 15.5 Å². The van der Waals surface area contributed by atoms with Crippen molar-refractivity contribution in [3.05, 3.63) is 22.4 Å². The molecular weight excluding hydrogens is 350 g/mol. The predicted molar refractivity (Wildman–Crippen MR) is 102 cm³/mol. The van der Waals surface area contributed by atoms with Gasteiger partial charge in [0.15, 0.2) is 0 Å². The van der Waals surface area contributed by atoms with Crippen molar-refractivity contribution in [2.45, 2.75) is 57.2 Å². The highest BCUT2D eigenvalue weighted by molar-refractivity contribution is 7.10. The maximum Gasteiger partial charge on any atom is 0.309 e. The first kappa shape index (κ1) is 19.3. The number of ether oxygens (including phenoxy) is 1. The normalized spacial score (nSPS) is 21.7. The molecule has 26 heavy (non-hydrogen) atoms. The molecule has 2 heterocycles. The minimum absolute atomic E-state index is 0.0605. The van der Waals surface area contributed by atoms with Crippen molar-refractivity contribution in [3.63, 3.8) is 0 Å². The first-order chi connectivity index (χ1) is 12.6. The van der Waals surface area contributed by atoms with E-state index < -0.39 is 11.8 Å². The molecule has 3 rings (SSSR count). The third-order valence-corrected chi connectivity index (χ3v) is 6.20. The highest BCUT2D eigenvalue weighted by atomic mass is 32.1. The number of carbonyl (C=O) groups is 2. The Labute approximate surface area is 159 Å². The van der Waals surface area contributed by atoms with Crippen LogP contribution in [-0.4, -0.2) is 55.1 Å². The first-order valence-electron chi connectivity index (χ1n) is 9.61. The molecule has 1 aromatic rings. The van der Waals surface area contributed by atoms with Gasteiger partial charge >= 0.3 is 11.8 Å². The minimum atomic E-state index is -0.530. The Morgan fingerprint density at radius 3 is 2.58 bits per heavy atom. The molecule has 2 N–H and O–H groups in total.